The van der Waals surface area contributed by atoms with Gasteiger partial charge in [-0.1, -0.05) is 32.0 Å². The number of nitrogens with one attached hydrogen (secondary N) is 2. The summed E-state index contributed by atoms with van der Waals surface area (Å²) in [4.78, 5) is 14.0. The zero-order valence-electron chi connectivity index (χ0n) is 12.0. The van der Waals surface area contributed by atoms with Gasteiger partial charge in [-0.2, -0.15) is 0 Å². The van der Waals surface area contributed by atoms with Crippen LogP contribution in [0.25, 0.3) is 0 Å². The van der Waals surface area contributed by atoms with Gasteiger partial charge in [0.2, 0.25) is 0 Å². The number of carbonyl (C=O) groups excluding carboxylic acids is 1. The predicted molar refractivity (Wildman–Crippen MR) is 80.5 cm³/mol. The summed E-state index contributed by atoms with van der Waals surface area (Å²) >= 11 is 0. The first kappa shape index (κ1) is 15.5. The van der Waals surface area contributed by atoms with Gasteiger partial charge in [-0.05, 0) is 44.6 Å². The lowest BCUT2D eigenvalue weighted by molar-refractivity contribution is 0.251. The Kier molecular flexibility index (Phi) is 7.66. The zero-order chi connectivity index (χ0) is 13.9. The maximum absolute atomic E-state index is 11.6. The molecule has 0 bridgehead atoms. The summed E-state index contributed by atoms with van der Waals surface area (Å²) in [6.45, 7) is 8.37. The summed E-state index contributed by atoms with van der Waals surface area (Å²) in [7, 11) is 0. The first-order valence-corrected chi connectivity index (χ1v) is 7.08. The number of para-hydroxylation sites is 1. The molecule has 0 aromatic heterocycles. The number of rotatable bonds is 8. The highest BCUT2D eigenvalue weighted by atomic mass is 16.2. The zero-order valence-corrected chi connectivity index (χ0v) is 12.0. The fourth-order valence-electron chi connectivity index (χ4n) is 1.90. The smallest absolute Gasteiger partial charge is 0.319 e. The molecule has 4 nitrogen and oxygen atoms in total. The number of benzene rings is 1. The molecule has 1 aromatic rings. The molecule has 0 heterocycles. The summed E-state index contributed by atoms with van der Waals surface area (Å²) < 4.78 is 0. The molecule has 0 spiro atoms. The first-order chi connectivity index (χ1) is 9.26. The minimum absolute atomic E-state index is 0.131. The number of nitrogens with zero attached hydrogens (tertiary/aromatic N) is 1. The van der Waals surface area contributed by atoms with Gasteiger partial charge in [0.1, 0.15) is 0 Å². The van der Waals surface area contributed by atoms with Crippen molar-refractivity contribution in [2.45, 2.75) is 26.7 Å². The van der Waals surface area contributed by atoms with Gasteiger partial charge in [-0.15, -0.1) is 0 Å². The monoisotopic (exact) mass is 263 g/mol. The van der Waals surface area contributed by atoms with Crippen molar-refractivity contribution < 1.29 is 4.79 Å². The Morgan fingerprint density at radius 2 is 1.79 bits per heavy atom. The van der Waals surface area contributed by atoms with E-state index < -0.39 is 0 Å². The van der Waals surface area contributed by atoms with Crippen LogP contribution in [-0.2, 0) is 0 Å². The maximum atomic E-state index is 11.6. The van der Waals surface area contributed by atoms with Crippen molar-refractivity contribution in [3.63, 3.8) is 0 Å². The maximum Gasteiger partial charge on any atom is 0.319 e. The molecule has 0 fully saturated rings. The van der Waals surface area contributed by atoms with Crippen LogP contribution in [0.5, 0.6) is 0 Å². The van der Waals surface area contributed by atoms with Gasteiger partial charge in [-0.25, -0.2) is 4.79 Å². The molecule has 106 valence electrons. The van der Waals surface area contributed by atoms with Crippen LogP contribution < -0.4 is 10.6 Å². The quantitative estimate of drug-likeness (QED) is 0.708. The average Bonchev–Trinajstić information content (AvgIpc) is 2.44. The molecule has 1 aromatic carbocycles. The van der Waals surface area contributed by atoms with E-state index in [-0.39, 0.29) is 6.03 Å². The summed E-state index contributed by atoms with van der Waals surface area (Å²) in [6.07, 6.45) is 2.13. The normalized spacial score (nSPS) is 10.5. The highest BCUT2D eigenvalue weighted by Crippen LogP contribution is 2.04. The number of urea groups is 1. The third kappa shape index (κ3) is 6.82. The van der Waals surface area contributed by atoms with E-state index in [1.165, 1.54) is 0 Å². The SMILES string of the molecule is CCN(CC)CCCCNC(=O)Nc1ccccc1. The van der Waals surface area contributed by atoms with E-state index in [1.54, 1.807) is 0 Å². The van der Waals surface area contributed by atoms with E-state index in [4.69, 9.17) is 0 Å². The van der Waals surface area contributed by atoms with Crippen LogP contribution in [0, 0.1) is 0 Å². The number of carbonyl (C=O) groups is 1. The third-order valence-corrected chi connectivity index (χ3v) is 3.11. The van der Waals surface area contributed by atoms with Crippen LogP contribution in [0.1, 0.15) is 26.7 Å². The molecule has 0 radical (unpaired) electrons. The Bertz CT molecular complexity index is 350. The van der Waals surface area contributed by atoms with E-state index in [1.807, 2.05) is 30.3 Å². The third-order valence-electron chi connectivity index (χ3n) is 3.11. The Labute approximate surface area is 116 Å². The number of unbranched alkanes of at least 4 members (excludes halogenated alkanes) is 1. The van der Waals surface area contributed by atoms with Crippen molar-refractivity contribution >= 4 is 11.7 Å². The summed E-state index contributed by atoms with van der Waals surface area (Å²) in [5, 5.41) is 5.68. The second-order valence-electron chi connectivity index (χ2n) is 4.48. The number of anilines is 1. The Hall–Kier alpha value is -1.55. The minimum atomic E-state index is -0.131. The largest absolute Gasteiger partial charge is 0.338 e. The molecule has 1 rings (SSSR count). The van der Waals surface area contributed by atoms with Crippen molar-refractivity contribution in [3.05, 3.63) is 30.3 Å². The lowest BCUT2D eigenvalue weighted by Crippen LogP contribution is -2.30. The van der Waals surface area contributed by atoms with Gasteiger partial charge < -0.3 is 15.5 Å². The highest BCUT2D eigenvalue weighted by Gasteiger charge is 2.01. The van der Waals surface area contributed by atoms with Crippen molar-refractivity contribution in [1.82, 2.24) is 10.2 Å². The molecule has 0 unspecified atom stereocenters. The van der Waals surface area contributed by atoms with Gasteiger partial charge in [0.05, 0.1) is 0 Å². The van der Waals surface area contributed by atoms with Crippen LogP contribution in [0.2, 0.25) is 0 Å². The second kappa shape index (κ2) is 9.39. The lowest BCUT2D eigenvalue weighted by Gasteiger charge is -2.17. The molecule has 0 aliphatic rings. The fraction of sp³-hybridized carbons (Fsp3) is 0.533. The van der Waals surface area contributed by atoms with E-state index in [2.05, 4.69) is 29.4 Å². The van der Waals surface area contributed by atoms with Gasteiger partial charge >= 0.3 is 6.03 Å². The molecule has 0 atom stereocenters. The Balaban J connectivity index is 2.08. The van der Waals surface area contributed by atoms with Crippen LogP contribution in [0.15, 0.2) is 30.3 Å². The second-order valence-corrected chi connectivity index (χ2v) is 4.48. The standard InChI is InChI=1S/C15H25N3O/c1-3-18(4-2)13-9-8-12-16-15(19)17-14-10-6-5-7-11-14/h5-7,10-11H,3-4,8-9,12-13H2,1-2H3,(H2,16,17,19). The highest BCUT2D eigenvalue weighted by molar-refractivity contribution is 5.89. The molecular weight excluding hydrogens is 238 g/mol. The fourth-order valence-corrected chi connectivity index (χ4v) is 1.90. The Morgan fingerprint density at radius 3 is 2.42 bits per heavy atom. The van der Waals surface area contributed by atoms with E-state index in [9.17, 15) is 4.79 Å². The molecule has 0 aliphatic heterocycles. The van der Waals surface area contributed by atoms with Crippen LogP contribution in [0.4, 0.5) is 10.5 Å². The van der Waals surface area contributed by atoms with Crippen LogP contribution >= 0.6 is 0 Å². The summed E-state index contributed by atoms with van der Waals surface area (Å²) in [6, 6.07) is 9.35. The topological polar surface area (TPSA) is 44.4 Å². The van der Waals surface area contributed by atoms with Gasteiger partial charge in [0, 0.05) is 12.2 Å². The van der Waals surface area contributed by atoms with E-state index in [0.717, 1.165) is 44.7 Å². The Morgan fingerprint density at radius 1 is 1.11 bits per heavy atom. The van der Waals surface area contributed by atoms with Crippen molar-refractivity contribution in [2.24, 2.45) is 0 Å². The van der Waals surface area contributed by atoms with Gasteiger partial charge in [-0.3, -0.25) is 0 Å². The van der Waals surface area contributed by atoms with Crippen LogP contribution in [0.3, 0.4) is 0 Å². The van der Waals surface area contributed by atoms with E-state index in [0.29, 0.717) is 0 Å². The predicted octanol–water partition coefficient (Wildman–Crippen LogP) is 2.93. The molecule has 2 amide bonds. The van der Waals surface area contributed by atoms with Crippen LogP contribution in [-0.4, -0.2) is 37.1 Å². The lowest BCUT2D eigenvalue weighted by atomic mass is 10.3. The molecule has 4 heteroatoms. The number of hydrogen-bond acceptors (Lipinski definition) is 2. The molecule has 0 aliphatic carbocycles. The summed E-state index contributed by atoms with van der Waals surface area (Å²) in [5.74, 6) is 0. The molecule has 0 saturated carbocycles. The van der Waals surface area contributed by atoms with Crippen molar-refractivity contribution in [3.8, 4) is 0 Å². The minimum Gasteiger partial charge on any atom is -0.338 e. The molecule has 0 saturated heterocycles. The summed E-state index contributed by atoms with van der Waals surface area (Å²) in [5.41, 5.74) is 0.822. The number of amides is 2. The number of hydrogen-bond donors (Lipinski definition) is 2. The van der Waals surface area contributed by atoms with Crippen molar-refractivity contribution in [1.29, 1.82) is 0 Å². The van der Waals surface area contributed by atoms with E-state index >= 15 is 0 Å². The first-order valence-electron chi connectivity index (χ1n) is 7.08. The van der Waals surface area contributed by atoms with Gasteiger partial charge in [0.25, 0.3) is 0 Å². The molecule has 2 N–H and O–H groups in total. The molecular formula is C15H25N3O. The average molecular weight is 263 g/mol. The van der Waals surface area contributed by atoms with Gasteiger partial charge in [0.15, 0.2) is 0 Å². The molecule has 19 heavy (non-hydrogen) atoms. The van der Waals surface area contributed by atoms with Crippen molar-refractivity contribution in [2.75, 3.05) is 31.5 Å².